The first-order chi connectivity index (χ1) is 12.3. The number of nitrogens with zero attached hydrogens (tertiary/aromatic N) is 5. The molecule has 0 unspecified atom stereocenters. The predicted molar refractivity (Wildman–Crippen MR) is 99.0 cm³/mol. The number of pyridine rings is 1. The molecule has 3 saturated heterocycles. The molecule has 0 aromatic carbocycles. The summed E-state index contributed by atoms with van der Waals surface area (Å²) in [6.45, 7) is 8.92. The Labute approximate surface area is 150 Å². The van der Waals surface area contributed by atoms with E-state index in [2.05, 4.69) is 43.5 Å². The van der Waals surface area contributed by atoms with E-state index < -0.39 is 0 Å². The lowest BCUT2D eigenvalue weighted by molar-refractivity contribution is 0.118. The fourth-order valence-corrected chi connectivity index (χ4v) is 4.47. The van der Waals surface area contributed by atoms with Crippen LogP contribution in [-0.2, 0) is 19.6 Å². The van der Waals surface area contributed by atoms with Gasteiger partial charge in [-0.2, -0.15) is 0 Å². The molecule has 25 heavy (non-hydrogen) atoms. The van der Waals surface area contributed by atoms with E-state index in [1.165, 1.54) is 43.9 Å². The molecule has 3 aliphatic rings. The fraction of sp³-hybridized carbons (Fsp3) is 0.600. The van der Waals surface area contributed by atoms with Crippen molar-refractivity contribution < 1.29 is 0 Å². The number of fused-ring (bicyclic) bond motifs is 4. The van der Waals surface area contributed by atoms with Gasteiger partial charge in [-0.3, -0.25) is 14.8 Å². The summed E-state index contributed by atoms with van der Waals surface area (Å²) in [4.78, 5) is 14.2. The Morgan fingerprint density at radius 3 is 2.92 bits per heavy atom. The molecule has 0 spiro atoms. The van der Waals surface area contributed by atoms with Crippen LogP contribution in [0.25, 0.3) is 0 Å². The lowest BCUT2D eigenvalue weighted by Crippen LogP contribution is -2.43. The Morgan fingerprint density at radius 1 is 1.12 bits per heavy atom. The summed E-state index contributed by atoms with van der Waals surface area (Å²) in [5, 5.41) is 0. The zero-order valence-electron chi connectivity index (χ0n) is 15.2. The number of piperidine rings is 1. The lowest BCUT2D eigenvalue weighted by Gasteiger charge is -2.36. The molecule has 2 atom stereocenters. The largest absolute Gasteiger partial charge is 0.334 e. The number of imidazole rings is 1. The molecule has 5 rings (SSSR count). The number of hydrogen-bond donors (Lipinski definition) is 0. The van der Waals surface area contributed by atoms with Gasteiger partial charge in [0.25, 0.3) is 0 Å². The van der Waals surface area contributed by atoms with Crippen molar-refractivity contribution in [2.24, 2.45) is 5.92 Å². The van der Waals surface area contributed by atoms with Gasteiger partial charge in [0.2, 0.25) is 0 Å². The topological polar surface area (TPSA) is 37.2 Å². The Bertz CT molecular complexity index is 668. The van der Waals surface area contributed by atoms with Crippen molar-refractivity contribution in [3.63, 3.8) is 0 Å². The maximum absolute atomic E-state index is 4.63. The average Bonchev–Trinajstić information content (AvgIpc) is 2.87. The van der Waals surface area contributed by atoms with Gasteiger partial charge in [0.1, 0.15) is 5.82 Å². The summed E-state index contributed by atoms with van der Waals surface area (Å²) in [6, 6.07) is 4.89. The van der Waals surface area contributed by atoms with Crippen molar-refractivity contribution in [1.82, 2.24) is 24.3 Å². The molecular formula is C20H29N5. The molecule has 2 aromatic heterocycles. The van der Waals surface area contributed by atoms with Crippen LogP contribution >= 0.6 is 0 Å². The summed E-state index contributed by atoms with van der Waals surface area (Å²) >= 11 is 0. The molecule has 5 heterocycles. The normalized spacial score (nSPS) is 24.5. The van der Waals surface area contributed by atoms with Gasteiger partial charge in [-0.25, -0.2) is 4.98 Å². The Morgan fingerprint density at radius 2 is 2.08 bits per heavy atom. The van der Waals surface area contributed by atoms with E-state index in [-0.39, 0.29) is 0 Å². The lowest BCUT2D eigenvalue weighted by atomic mass is 9.95. The molecule has 3 fully saturated rings. The summed E-state index contributed by atoms with van der Waals surface area (Å²) in [7, 11) is 0. The molecule has 0 aliphatic carbocycles. The zero-order chi connectivity index (χ0) is 17.1. The van der Waals surface area contributed by atoms with Crippen LogP contribution in [0.5, 0.6) is 0 Å². The van der Waals surface area contributed by atoms with E-state index in [4.69, 9.17) is 0 Å². The van der Waals surface area contributed by atoms with Crippen molar-refractivity contribution in [3.8, 4) is 0 Å². The smallest absolute Gasteiger partial charge is 0.122 e. The number of rotatable bonds is 6. The van der Waals surface area contributed by atoms with Crippen LogP contribution in [0.15, 0.2) is 36.9 Å². The van der Waals surface area contributed by atoms with Crippen LogP contribution in [0.4, 0.5) is 0 Å². The molecule has 2 aromatic rings. The summed E-state index contributed by atoms with van der Waals surface area (Å²) in [6.07, 6.45) is 11.8. The highest BCUT2D eigenvalue weighted by atomic mass is 15.3. The molecule has 3 aliphatic heterocycles. The van der Waals surface area contributed by atoms with Gasteiger partial charge in [-0.15, -0.1) is 0 Å². The van der Waals surface area contributed by atoms with Crippen molar-refractivity contribution >= 4 is 0 Å². The van der Waals surface area contributed by atoms with Gasteiger partial charge in [0.05, 0.1) is 6.54 Å². The predicted octanol–water partition coefficient (Wildman–Crippen LogP) is 2.78. The maximum atomic E-state index is 4.63. The third-order valence-corrected chi connectivity index (χ3v) is 5.64. The van der Waals surface area contributed by atoms with E-state index in [9.17, 15) is 0 Å². The van der Waals surface area contributed by atoms with E-state index in [0.29, 0.717) is 6.04 Å². The molecule has 5 heteroatoms. The first kappa shape index (κ1) is 16.7. The quantitative estimate of drug-likeness (QED) is 0.811. The molecular weight excluding hydrogens is 310 g/mol. The van der Waals surface area contributed by atoms with Crippen LogP contribution in [0.1, 0.15) is 37.6 Å². The molecule has 5 nitrogen and oxygen atoms in total. The van der Waals surface area contributed by atoms with E-state index >= 15 is 0 Å². The molecule has 0 radical (unpaired) electrons. The Kier molecular flexibility index (Phi) is 5.13. The van der Waals surface area contributed by atoms with Crippen LogP contribution in [0, 0.1) is 5.92 Å². The van der Waals surface area contributed by atoms with E-state index in [0.717, 1.165) is 32.0 Å². The average molecular weight is 339 g/mol. The first-order valence-electron chi connectivity index (χ1n) is 9.67. The van der Waals surface area contributed by atoms with Gasteiger partial charge in [0.15, 0.2) is 0 Å². The van der Waals surface area contributed by atoms with Gasteiger partial charge >= 0.3 is 0 Å². The maximum Gasteiger partial charge on any atom is 0.122 e. The Hall–Kier alpha value is -1.72. The van der Waals surface area contributed by atoms with Crippen LogP contribution in [0.3, 0.4) is 0 Å². The molecule has 2 bridgehead atoms. The second-order valence-corrected chi connectivity index (χ2v) is 7.62. The zero-order valence-corrected chi connectivity index (χ0v) is 15.2. The third-order valence-electron chi connectivity index (χ3n) is 5.64. The summed E-state index contributed by atoms with van der Waals surface area (Å²) in [5.41, 5.74) is 1.33. The second kappa shape index (κ2) is 7.67. The first-order valence-corrected chi connectivity index (χ1v) is 9.67. The highest BCUT2D eigenvalue weighted by Gasteiger charge is 2.35. The van der Waals surface area contributed by atoms with Crippen molar-refractivity contribution in [2.45, 2.75) is 51.9 Å². The highest BCUT2D eigenvalue weighted by Crippen LogP contribution is 2.29. The Balaban J connectivity index is 1.43. The fourth-order valence-electron chi connectivity index (χ4n) is 4.47. The van der Waals surface area contributed by atoms with E-state index in [1.54, 1.807) is 0 Å². The molecule has 0 amide bonds. The van der Waals surface area contributed by atoms with Crippen molar-refractivity contribution in [2.75, 3.05) is 19.6 Å². The highest BCUT2D eigenvalue weighted by molar-refractivity contribution is 5.09. The minimum absolute atomic E-state index is 0.655. The van der Waals surface area contributed by atoms with Gasteiger partial charge in [-0.1, -0.05) is 13.0 Å². The molecule has 134 valence electrons. The SMILES string of the molecule is CCCn1ccnc1CN1C[C@H]2CC[C@@H]1CN(Cc1cccnc1)C2. The van der Waals surface area contributed by atoms with Crippen LogP contribution in [0.2, 0.25) is 0 Å². The van der Waals surface area contributed by atoms with Crippen LogP contribution in [-0.4, -0.2) is 50.0 Å². The molecule has 0 saturated carbocycles. The van der Waals surface area contributed by atoms with Gasteiger partial charge < -0.3 is 4.57 Å². The summed E-state index contributed by atoms with van der Waals surface area (Å²) in [5.74, 6) is 2.01. The number of hydrogen-bond acceptors (Lipinski definition) is 4. The van der Waals surface area contributed by atoms with Crippen molar-refractivity contribution in [3.05, 3.63) is 48.3 Å². The minimum Gasteiger partial charge on any atom is -0.334 e. The van der Waals surface area contributed by atoms with Crippen LogP contribution < -0.4 is 0 Å². The second-order valence-electron chi connectivity index (χ2n) is 7.62. The van der Waals surface area contributed by atoms with E-state index in [1.807, 2.05) is 24.7 Å². The summed E-state index contributed by atoms with van der Waals surface area (Å²) < 4.78 is 2.33. The monoisotopic (exact) mass is 339 g/mol. The van der Waals surface area contributed by atoms with Gasteiger partial charge in [-0.05, 0) is 36.8 Å². The molecule has 0 N–H and O–H groups in total. The van der Waals surface area contributed by atoms with Gasteiger partial charge in [0, 0.05) is 63.6 Å². The van der Waals surface area contributed by atoms with Crippen molar-refractivity contribution in [1.29, 1.82) is 0 Å². The number of aromatic nitrogens is 3. The standard InChI is InChI=1S/C20H29N5/c1-2-9-24-10-8-22-20(24)16-25-14-18-5-6-19(25)15-23(13-18)12-17-4-3-7-21-11-17/h3-4,7-8,10-11,18-19H,2,5-6,9,12-16H2,1H3/t18-,19+/m0/s1. The minimum atomic E-state index is 0.655. The third kappa shape index (κ3) is 3.93. The number of aryl methyl sites for hydroxylation is 1.